The maximum atomic E-state index is 13.2. The smallest absolute Gasteiger partial charge is 0.286 e. The van der Waals surface area contributed by atoms with Crippen LogP contribution in [-0.4, -0.2) is 23.8 Å². The molecule has 1 aliphatic carbocycles. The van der Waals surface area contributed by atoms with Crippen LogP contribution >= 0.6 is 0 Å². The van der Waals surface area contributed by atoms with Crippen LogP contribution < -0.4 is 10.7 Å². The highest BCUT2D eigenvalue weighted by Crippen LogP contribution is 2.32. The van der Waals surface area contributed by atoms with Crippen LogP contribution in [0.25, 0.3) is 11.0 Å². The average Bonchev–Trinajstić information content (AvgIpc) is 3.71. The van der Waals surface area contributed by atoms with Gasteiger partial charge in [0, 0.05) is 24.4 Å². The van der Waals surface area contributed by atoms with Crippen LogP contribution in [0.2, 0.25) is 0 Å². The van der Waals surface area contributed by atoms with Crippen LogP contribution in [0.3, 0.4) is 0 Å². The van der Waals surface area contributed by atoms with E-state index in [0.29, 0.717) is 35.4 Å². The van der Waals surface area contributed by atoms with Crippen molar-refractivity contribution in [3.63, 3.8) is 0 Å². The first-order valence-electron chi connectivity index (χ1n) is 11.6. The fourth-order valence-electron chi connectivity index (χ4n) is 4.06. The number of amides is 1. The normalized spacial score (nSPS) is 20.0. The Bertz CT molecular complexity index is 1260. The standard InChI is InChI=1S/C27H27NO6/c29-14-18-7-9-19(10-8-18)15-33-25-12-20(11-24(34-25)27(31)28-13-17-5-6-17)22-16-32-23-4-2-1-3-21(23)26(22)30/h1-4,7-11,16-17,20,25,29H,5-6,12-15H2,(H,28,31). The highest BCUT2D eigenvalue weighted by Gasteiger charge is 2.31. The quantitative estimate of drug-likeness (QED) is 0.530. The van der Waals surface area contributed by atoms with Gasteiger partial charge in [0.1, 0.15) is 5.58 Å². The number of nitrogens with one attached hydrogen (secondary N) is 1. The maximum Gasteiger partial charge on any atom is 0.286 e. The van der Waals surface area contributed by atoms with E-state index in [0.717, 1.165) is 24.0 Å². The van der Waals surface area contributed by atoms with Gasteiger partial charge in [0.15, 0.2) is 11.2 Å². The maximum absolute atomic E-state index is 13.2. The number of rotatable bonds is 8. The average molecular weight is 462 g/mol. The zero-order chi connectivity index (χ0) is 23.5. The number of aliphatic hydroxyl groups excluding tert-OH is 1. The fraction of sp³-hybridized carbons (Fsp3) is 0.333. The van der Waals surface area contributed by atoms with E-state index in [-0.39, 0.29) is 30.3 Å². The summed E-state index contributed by atoms with van der Waals surface area (Å²) in [6, 6.07) is 14.5. The number of carbonyl (C=O) groups excluding carboxylic acids is 1. The lowest BCUT2D eigenvalue weighted by atomic mass is 9.93. The molecule has 7 heteroatoms. The molecule has 0 radical (unpaired) electrons. The number of hydrogen-bond acceptors (Lipinski definition) is 6. The van der Waals surface area contributed by atoms with Gasteiger partial charge in [-0.15, -0.1) is 0 Å². The van der Waals surface area contributed by atoms with Crippen molar-refractivity contribution in [2.75, 3.05) is 6.54 Å². The van der Waals surface area contributed by atoms with Crippen molar-refractivity contribution >= 4 is 16.9 Å². The molecule has 2 aliphatic rings. The molecule has 2 atom stereocenters. The van der Waals surface area contributed by atoms with Gasteiger partial charge in [-0.25, -0.2) is 0 Å². The van der Waals surface area contributed by atoms with Gasteiger partial charge < -0.3 is 24.3 Å². The minimum Gasteiger partial charge on any atom is -0.464 e. The predicted octanol–water partition coefficient (Wildman–Crippen LogP) is 3.74. The van der Waals surface area contributed by atoms with Crippen LogP contribution in [0, 0.1) is 5.92 Å². The minimum absolute atomic E-state index is 0.0208. The van der Waals surface area contributed by atoms with Gasteiger partial charge in [0.05, 0.1) is 24.9 Å². The fourth-order valence-corrected chi connectivity index (χ4v) is 4.06. The molecule has 1 aromatic heterocycles. The zero-order valence-electron chi connectivity index (χ0n) is 18.7. The second-order valence-electron chi connectivity index (χ2n) is 8.88. The molecule has 2 unspecified atom stereocenters. The Hall–Kier alpha value is -3.42. The van der Waals surface area contributed by atoms with Gasteiger partial charge >= 0.3 is 0 Å². The number of allylic oxidation sites excluding steroid dienone is 1. The van der Waals surface area contributed by atoms with E-state index in [1.54, 1.807) is 24.3 Å². The number of para-hydroxylation sites is 1. The van der Waals surface area contributed by atoms with E-state index >= 15 is 0 Å². The van der Waals surface area contributed by atoms with E-state index in [1.165, 1.54) is 6.26 Å². The van der Waals surface area contributed by atoms with Gasteiger partial charge in [-0.1, -0.05) is 36.4 Å². The van der Waals surface area contributed by atoms with Crippen molar-refractivity contribution in [2.45, 2.75) is 44.7 Å². The summed E-state index contributed by atoms with van der Waals surface area (Å²) >= 11 is 0. The molecule has 176 valence electrons. The molecule has 1 amide bonds. The molecular formula is C27H27NO6. The molecule has 1 aliphatic heterocycles. The summed E-state index contributed by atoms with van der Waals surface area (Å²) in [4.78, 5) is 26.0. The third-order valence-electron chi connectivity index (χ3n) is 6.28. The van der Waals surface area contributed by atoms with Crippen molar-refractivity contribution in [1.82, 2.24) is 5.32 Å². The van der Waals surface area contributed by atoms with Gasteiger partial charge in [0.25, 0.3) is 5.91 Å². The van der Waals surface area contributed by atoms with Crippen molar-refractivity contribution < 1.29 is 23.8 Å². The van der Waals surface area contributed by atoms with Gasteiger partial charge in [-0.05, 0) is 48.1 Å². The van der Waals surface area contributed by atoms with E-state index < -0.39 is 12.2 Å². The Labute approximate surface area is 197 Å². The Morgan fingerprint density at radius 3 is 2.62 bits per heavy atom. The van der Waals surface area contributed by atoms with E-state index in [9.17, 15) is 14.7 Å². The highest BCUT2D eigenvalue weighted by molar-refractivity contribution is 5.91. The topological polar surface area (TPSA) is 98.0 Å². The number of aliphatic hydroxyl groups is 1. The molecule has 0 bridgehead atoms. The molecule has 5 rings (SSSR count). The summed E-state index contributed by atoms with van der Waals surface area (Å²) in [6.45, 7) is 0.866. The summed E-state index contributed by atoms with van der Waals surface area (Å²) in [5.41, 5.74) is 2.60. The first kappa shape index (κ1) is 22.4. The van der Waals surface area contributed by atoms with E-state index in [2.05, 4.69) is 5.32 Å². The van der Waals surface area contributed by atoms with Crippen molar-refractivity contribution in [2.24, 2.45) is 5.92 Å². The van der Waals surface area contributed by atoms with Crippen LogP contribution in [-0.2, 0) is 27.5 Å². The lowest BCUT2D eigenvalue weighted by Gasteiger charge is -2.29. The number of benzene rings is 2. The summed E-state index contributed by atoms with van der Waals surface area (Å²) in [5, 5.41) is 12.6. The number of fused-ring (bicyclic) bond motifs is 1. The van der Waals surface area contributed by atoms with Crippen molar-refractivity contribution in [1.29, 1.82) is 0 Å². The summed E-state index contributed by atoms with van der Waals surface area (Å²) in [7, 11) is 0. The Morgan fingerprint density at radius 1 is 1.09 bits per heavy atom. The summed E-state index contributed by atoms with van der Waals surface area (Å²) in [6.07, 6.45) is 5.08. The molecule has 0 spiro atoms. The Balaban J connectivity index is 1.38. The summed E-state index contributed by atoms with van der Waals surface area (Å²) in [5.74, 6) is -0.00350. The molecule has 1 fully saturated rings. The van der Waals surface area contributed by atoms with Crippen LogP contribution in [0.15, 0.2) is 75.8 Å². The van der Waals surface area contributed by atoms with Crippen LogP contribution in [0.1, 0.15) is 41.9 Å². The van der Waals surface area contributed by atoms with Crippen molar-refractivity contribution in [3.8, 4) is 0 Å². The molecular weight excluding hydrogens is 434 g/mol. The minimum atomic E-state index is -0.708. The molecule has 2 N–H and O–H groups in total. The van der Waals surface area contributed by atoms with Gasteiger partial charge in [-0.2, -0.15) is 0 Å². The second-order valence-corrected chi connectivity index (χ2v) is 8.88. The van der Waals surface area contributed by atoms with Crippen molar-refractivity contribution in [3.05, 3.63) is 93.5 Å². The molecule has 7 nitrogen and oxygen atoms in total. The zero-order valence-corrected chi connectivity index (χ0v) is 18.7. The largest absolute Gasteiger partial charge is 0.464 e. The number of ether oxygens (including phenoxy) is 2. The lowest BCUT2D eigenvalue weighted by Crippen LogP contribution is -2.34. The molecule has 1 saturated carbocycles. The summed E-state index contributed by atoms with van der Waals surface area (Å²) < 4.78 is 17.6. The van der Waals surface area contributed by atoms with E-state index in [4.69, 9.17) is 13.9 Å². The monoisotopic (exact) mass is 461 g/mol. The Morgan fingerprint density at radius 2 is 1.85 bits per heavy atom. The van der Waals surface area contributed by atoms with Crippen LogP contribution in [0.5, 0.6) is 0 Å². The SMILES string of the molecule is O=C(NCC1CC1)C1=CC(c2coc3ccccc3c2=O)CC(OCc2ccc(CO)cc2)O1. The third-order valence-corrected chi connectivity index (χ3v) is 6.28. The Kier molecular flexibility index (Phi) is 6.47. The van der Waals surface area contributed by atoms with Gasteiger partial charge in [-0.3, -0.25) is 9.59 Å². The highest BCUT2D eigenvalue weighted by atomic mass is 16.7. The first-order valence-corrected chi connectivity index (χ1v) is 11.6. The molecule has 2 aromatic carbocycles. The molecule has 0 saturated heterocycles. The third kappa shape index (κ3) is 5.05. The van der Waals surface area contributed by atoms with Gasteiger partial charge in [0.2, 0.25) is 6.29 Å². The lowest BCUT2D eigenvalue weighted by molar-refractivity contribution is -0.150. The molecule has 2 heterocycles. The number of carbonyl (C=O) groups is 1. The predicted molar refractivity (Wildman–Crippen MR) is 126 cm³/mol. The van der Waals surface area contributed by atoms with Crippen LogP contribution in [0.4, 0.5) is 0 Å². The van der Waals surface area contributed by atoms with E-state index in [1.807, 2.05) is 30.3 Å². The second kappa shape index (κ2) is 9.83. The molecule has 34 heavy (non-hydrogen) atoms. The molecule has 3 aromatic rings. The number of hydrogen-bond donors (Lipinski definition) is 2. The first-order chi connectivity index (χ1) is 16.6.